The summed E-state index contributed by atoms with van der Waals surface area (Å²) in [6, 6.07) is 20.0. The second-order valence-corrected chi connectivity index (χ2v) is 5.62. The number of amidine groups is 2. The second kappa shape index (κ2) is 7.00. The molecule has 6 heteroatoms. The summed E-state index contributed by atoms with van der Waals surface area (Å²) < 4.78 is 19.6. The van der Waals surface area contributed by atoms with Gasteiger partial charge in [-0.3, -0.25) is 0 Å². The maximum Gasteiger partial charge on any atom is 0.269 e. The predicted octanol–water partition coefficient (Wildman–Crippen LogP) is 1.96. The molecule has 0 amide bonds. The first-order valence-electron chi connectivity index (χ1n) is 6.96. The van der Waals surface area contributed by atoms with Crippen LogP contribution in [0.4, 0.5) is 0 Å². The normalized spacial score (nSPS) is 14.4. The van der Waals surface area contributed by atoms with E-state index in [-0.39, 0.29) is 0 Å². The third-order valence-corrected chi connectivity index (χ3v) is 3.85. The van der Waals surface area contributed by atoms with Crippen molar-refractivity contribution in [1.82, 2.24) is 10.6 Å². The molecule has 22 heavy (non-hydrogen) atoms. The highest BCUT2D eigenvalue weighted by atomic mass is 32.2. The fourth-order valence-corrected chi connectivity index (χ4v) is 2.71. The summed E-state index contributed by atoms with van der Waals surface area (Å²) in [7, 11) is 0. The summed E-state index contributed by atoms with van der Waals surface area (Å²) in [6.45, 7) is 1.23. The number of hydrogen-bond donors (Lipinski definition) is 2. The third kappa shape index (κ3) is 3.79. The van der Waals surface area contributed by atoms with Gasteiger partial charge in [-0.15, -0.1) is 8.80 Å². The SMILES string of the molecule is O=S1N=C(NCc2ccccc2)C(NCc2ccccc2)=N1. The minimum Gasteiger partial charge on any atom is -0.362 e. The molecule has 1 heterocycles. The zero-order valence-electron chi connectivity index (χ0n) is 11.9. The van der Waals surface area contributed by atoms with Crippen molar-refractivity contribution in [3.8, 4) is 0 Å². The molecule has 1 aliphatic heterocycles. The molecule has 0 unspecified atom stereocenters. The van der Waals surface area contributed by atoms with Gasteiger partial charge in [0.2, 0.25) is 0 Å². The number of benzene rings is 2. The summed E-state index contributed by atoms with van der Waals surface area (Å²) in [5, 5.41) is 6.36. The Morgan fingerprint density at radius 1 is 0.727 bits per heavy atom. The van der Waals surface area contributed by atoms with Gasteiger partial charge < -0.3 is 10.6 Å². The molecule has 0 aliphatic carbocycles. The van der Waals surface area contributed by atoms with Crippen molar-refractivity contribution in [1.29, 1.82) is 0 Å². The van der Waals surface area contributed by atoms with Crippen LogP contribution in [0.3, 0.4) is 0 Å². The Balaban J connectivity index is 1.60. The zero-order valence-corrected chi connectivity index (χ0v) is 12.7. The highest BCUT2D eigenvalue weighted by Crippen LogP contribution is 2.04. The summed E-state index contributed by atoms with van der Waals surface area (Å²) in [4.78, 5) is 0. The molecular weight excluding hydrogens is 296 g/mol. The average Bonchev–Trinajstić information content (AvgIpc) is 2.93. The van der Waals surface area contributed by atoms with Crippen LogP contribution >= 0.6 is 0 Å². The Morgan fingerprint density at radius 3 is 1.55 bits per heavy atom. The van der Waals surface area contributed by atoms with E-state index in [4.69, 9.17) is 0 Å². The second-order valence-electron chi connectivity index (χ2n) is 4.79. The lowest BCUT2D eigenvalue weighted by Gasteiger charge is -2.10. The quantitative estimate of drug-likeness (QED) is 0.907. The van der Waals surface area contributed by atoms with Crippen molar-refractivity contribution < 1.29 is 4.21 Å². The summed E-state index contributed by atoms with van der Waals surface area (Å²) in [6.07, 6.45) is 0. The van der Waals surface area contributed by atoms with E-state index in [9.17, 15) is 4.21 Å². The zero-order chi connectivity index (χ0) is 15.2. The van der Waals surface area contributed by atoms with Crippen molar-refractivity contribution in [3.05, 3.63) is 71.8 Å². The number of nitrogens with zero attached hydrogens (tertiary/aromatic N) is 2. The molecule has 0 spiro atoms. The van der Waals surface area contributed by atoms with Crippen LogP contribution in [0, 0.1) is 0 Å². The van der Waals surface area contributed by atoms with E-state index < -0.39 is 11.2 Å². The maximum atomic E-state index is 11.5. The van der Waals surface area contributed by atoms with E-state index >= 15 is 0 Å². The molecule has 3 rings (SSSR count). The average molecular weight is 312 g/mol. The van der Waals surface area contributed by atoms with Gasteiger partial charge in [0.1, 0.15) is 0 Å². The standard InChI is InChI=1S/C16H16N4OS/c21-22-19-15(17-11-13-7-3-1-4-8-13)16(20-22)18-12-14-9-5-2-6-10-14/h1-10H,11-12H2,(H,17,19)(H,18,20). The Labute approximate surface area is 131 Å². The molecule has 5 nitrogen and oxygen atoms in total. The van der Waals surface area contributed by atoms with Gasteiger partial charge in [0.05, 0.1) is 0 Å². The smallest absolute Gasteiger partial charge is 0.269 e. The summed E-state index contributed by atoms with van der Waals surface area (Å²) >= 11 is -1.55. The van der Waals surface area contributed by atoms with E-state index in [0.29, 0.717) is 24.8 Å². The third-order valence-electron chi connectivity index (χ3n) is 3.17. The van der Waals surface area contributed by atoms with Crippen molar-refractivity contribution >= 4 is 22.8 Å². The van der Waals surface area contributed by atoms with Gasteiger partial charge in [0.25, 0.3) is 11.2 Å². The van der Waals surface area contributed by atoms with Gasteiger partial charge in [-0.1, -0.05) is 60.7 Å². The molecule has 1 aliphatic rings. The fraction of sp³-hybridized carbons (Fsp3) is 0.125. The molecule has 0 bridgehead atoms. The Morgan fingerprint density at radius 2 is 1.14 bits per heavy atom. The fourth-order valence-electron chi connectivity index (χ4n) is 2.06. The molecule has 0 fully saturated rings. The van der Waals surface area contributed by atoms with Crippen molar-refractivity contribution in [2.45, 2.75) is 13.1 Å². The molecule has 112 valence electrons. The van der Waals surface area contributed by atoms with Crippen molar-refractivity contribution in [2.75, 3.05) is 0 Å². The van der Waals surface area contributed by atoms with Crippen LogP contribution in [0.15, 0.2) is 69.5 Å². The Bertz CT molecular complexity index is 652. The van der Waals surface area contributed by atoms with Gasteiger partial charge in [-0.05, 0) is 11.1 Å². The highest BCUT2D eigenvalue weighted by molar-refractivity contribution is 7.83. The summed E-state index contributed by atoms with van der Waals surface area (Å²) in [5.41, 5.74) is 2.26. The maximum absolute atomic E-state index is 11.5. The minimum absolute atomic E-state index is 0.540. The van der Waals surface area contributed by atoms with Gasteiger partial charge in [-0.2, -0.15) is 0 Å². The number of hydrogen-bond acceptors (Lipinski definition) is 3. The Kier molecular flexibility index (Phi) is 4.60. The molecular formula is C16H16N4OS. The Hall–Kier alpha value is -2.47. The molecule has 2 aromatic rings. The van der Waals surface area contributed by atoms with Crippen LogP contribution in [0.1, 0.15) is 11.1 Å². The predicted molar refractivity (Wildman–Crippen MR) is 89.6 cm³/mol. The first-order valence-corrected chi connectivity index (χ1v) is 8.03. The molecule has 0 atom stereocenters. The van der Waals surface area contributed by atoms with Gasteiger partial charge in [0.15, 0.2) is 11.7 Å². The van der Waals surface area contributed by atoms with Crippen LogP contribution in [-0.2, 0) is 24.3 Å². The topological polar surface area (TPSA) is 65.8 Å². The number of rotatable bonds is 4. The molecule has 0 saturated carbocycles. The van der Waals surface area contributed by atoms with E-state index in [1.54, 1.807) is 0 Å². The molecule has 2 N–H and O–H groups in total. The lowest BCUT2D eigenvalue weighted by molar-refractivity contribution is 0.686. The highest BCUT2D eigenvalue weighted by Gasteiger charge is 2.18. The first kappa shape index (κ1) is 14.5. The summed E-state index contributed by atoms with van der Waals surface area (Å²) in [5.74, 6) is 1.08. The van der Waals surface area contributed by atoms with Gasteiger partial charge >= 0.3 is 0 Å². The lowest BCUT2D eigenvalue weighted by atomic mass is 10.2. The molecule has 0 saturated heterocycles. The lowest BCUT2D eigenvalue weighted by Crippen LogP contribution is -2.37. The first-order chi connectivity index (χ1) is 10.8. The molecule has 0 aromatic heterocycles. The van der Waals surface area contributed by atoms with E-state index in [0.717, 1.165) is 11.1 Å². The van der Waals surface area contributed by atoms with Gasteiger partial charge in [-0.25, -0.2) is 4.21 Å². The van der Waals surface area contributed by atoms with Gasteiger partial charge in [0, 0.05) is 13.1 Å². The van der Waals surface area contributed by atoms with Crippen molar-refractivity contribution in [2.24, 2.45) is 8.80 Å². The van der Waals surface area contributed by atoms with Crippen LogP contribution < -0.4 is 10.6 Å². The molecule has 2 aromatic carbocycles. The van der Waals surface area contributed by atoms with Crippen LogP contribution in [0.25, 0.3) is 0 Å². The van der Waals surface area contributed by atoms with E-state index in [2.05, 4.69) is 19.4 Å². The van der Waals surface area contributed by atoms with E-state index in [1.165, 1.54) is 0 Å². The number of nitrogens with one attached hydrogen (secondary N) is 2. The largest absolute Gasteiger partial charge is 0.362 e. The molecule has 0 radical (unpaired) electrons. The minimum atomic E-state index is -1.55. The van der Waals surface area contributed by atoms with Crippen molar-refractivity contribution in [3.63, 3.8) is 0 Å². The monoisotopic (exact) mass is 312 g/mol. The van der Waals surface area contributed by atoms with Crippen LogP contribution in [-0.4, -0.2) is 15.9 Å². The van der Waals surface area contributed by atoms with Crippen LogP contribution in [0.5, 0.6) is 0 Å². The van der Waals surface area contributed by atoms with E-state index in [1.807, 2.05) is 60.7 Å². The van der Waals surface area contributed by atoms with Crippen LogP contribution in [0.2, 0.25) is 0 Å².